The van der Waals surface area contributed by atoms with Crippen molar-refractivity contribution in [2.45, 2.75) is 39.3 Å². The highest BCUT2D eigenvalue weighted by Gasteiger charge is 2.27. The van der Waals surface area contributed by atoms with Crippen LogP contribution in [-0.4, -0.2) is 11.0 Å². The van der Waals surface area contributed by atoms with Crippen LogP contribution in [0.25, 0.3) is 10.9 Å². The molecule has 94 valence electrons. The molecule has 0 aliphatic heterocycles. The van der Waals surface area contributed by atoms with Crippen molar-refractivity contribution in [3.05, 3.63) is 41.6 Å². The van der Waals surface area contributed by atoms with Gasteiger partial charge < -0.3 is 5.32 Å². The lowest BCUT2D eigenvalue weighted by molar-refractivity contribution is 0.497. The number of rotatable bonds is 4. The van der Waals surface area contributed by atoms with Gasteiger partial charge in [-0.25, -0.2) is 0 Å². The van der Waals surface area contributed by atoms with Crippen LogP contribution < -0.4 is 5.32 Å². The molecule has 2 aromatic rings. The van der Waals surface area contributed by atoms with Gasteiger partial charge in [-0.05, 0) is 50.3 Å². The van der Waals surface area contributed by atoms with E-state index in [1.165, 1.54) is 23.8 Å². The van der Waals surface area contributed by atoms with Crippen molar-refractivity contribution in [1.82, 2.24) is 10.3 Å². The van der Waals surface area contributed by atoms with Crippen LogP contribution in [0.2, 0.25) is 0 Å². The van der Waals surface area contributed by atoms with Gasteiger partial charge in [0.05, 0.1) is 5.52 Å². The molecule has 0 bridgehead atoms. The molecule has 0 amide bonds. The minimum Gasteiger partial charge on any atom is -0.310 e. The maximum absolute atomic E-state index is 4.58. The van der Waals surface area contributed by atoms with Crippen molar-refractivity contribution in [1.29, 1.82) is 0 Å². The second kappa shape index (κ2) is 4.69. The Balaban J connectivity index is 1.85. The lowest BCUT2D eigenvalue weighted by atomic mass is 10.1. The third kappa shape index (κ3) is 2.39. The van der Waals surface area contributed by atoms with E-state index in [4.69, 9.17) is 0 Å². The van der Waals surface area contributed by atoms with Crippen LogP contribution in [0.1, 0.15) is 31.0 Å². The zero-order valence-electron chi connectivity index (χ0n) is 11.1. The second-order valence-electron chi connectivity index (χ2n) is 5.45. The molecule has 3 rings (SSSR count). The summed E-state index contributed by atoms with van der Waals surface area (Å²) in [6, 6.07) is 11.2. The number of nitrogens with one attached hydrogen (secondary N) is 1. The van der Waals surface area contributed by atoms with Crippen molar-refractivity contribution in [3.8, 4) is 0 Å². The van der Waals surface area contributed by atoms with Crippen LogP contribution >= 0.6 is 0 Å². The molecule has 1 atom stereocenters. The van der Waals surface area contributed by atoms with E-state index in [-0.39, 0.29) is 0 Å². The average molecular weight is 240 g/mol. The Labute approximate surface area is 108 Å². The number of nitrogens with zero attached hydrogens (tertiary/aromatic N) is 1. The van der Waals surface area contributed by atoms with Crippen molar-refractivity contribution in [3.63, 3.8) is 0 Å². The Morgan fingerprint density at radius 3 is 2.89 bits per heavy atom. The van der Waals surface area contributed by atoms with Crippen LogP contribution in [0.4, 0.5) is 0 Å². The smallest absolute Gasteiger partial charge is 0.0708 e. The number of aromatic nitrogens is 1. The molecule has 1 aromatic carbocycles. The van der Waals surface area contributed by atoms with Crippen LogP contribution in [-0.2, 0) is 6.54 Å². The molecule has 1 N–H and O–H groups in total. The molecular weight excluding hydrogens is 220 g/mol. The largest absolute Gasteiger partial charge is 0.310 e. The SMILES string of the molecule is Cc1cc(CNC(C)C2CC2)c2ccccc2n1. The number of hydrogen-bond donors (Lipinski definition) is 1. The molecular formula is C16H20N2. The first-order chi connectivity index (χ1) is 8.74. The molecule has 0 saturated heterocycles. The van der Waals surface area contributed by atoms with E-state index in [9.17, 15) is 0 Å². The van der Waals surface area contributed by atoms with E-state index in [1.54, 1.807) is 0 Å². The first kappa shape index (κ1) is 11.7. The zero-order valence-corrected chi connectivity index (χ0v) is 11.1. The molecule has 1 aliphatic carbocycles. The fourth-order valence-electron chi connectivity index (χ4n) is 2.57. The highest BCUT2D eigenvalue weighted by Crippen LogP contribution is 2.32. The number of fused-ring (bicyclic) bond motifs is 1. The monoisotopic (exact) mass is 240 g/mol. The fourth-order valence-corrected chi connectivity index (χ4v) is 2.57. The summed E-state index contributed by atoms with van der Waals surface area (Å²) in [5.74, 6) is 0.902. The first-order valence-electron chi connectivity index (χ1n) is 6.82. The van der Waals surface area contributed by atoms with E-state index < -0.39 is 0 Å². The Bertz CT molecular complexity index is 558. The number of benzene rings is 1. The average Bonchev–Trinajstić information content (AvgIpc) is 3.19. The Morgan fingerprint density at radius 1 is 1.33 bits per heavy atom. The lowest BCUT2D eigenvalue weighted by Gasteiger charge is -2.14. The Hall–Kier alpha value is -1.41. The van der Waals surface area contributed by atoms with E-state index >= 15 is 0 Å². The molecule has 18 heavy (non-hydrogen) atoms. The summed E-state index contributed by atoms with van der Waals surface area (Å²) in [4.78, 5) is 4.58. The number of aryl methyl sites for hydroxylation is 1. The van der Waals surface area contributed by atoms with Gasteiger partial charge in [0.15, 0.2) is 0 Å². The molecule has 1 fully saturated rings. The summed E-state index contributed by atoms with van der Waals surface area (Å²) < 4.78 is 0. The van der Waals surface area contributed by atoms with Crippen LogP contribution in [0, 0.1) is 12.8 Å². The maximum Gasteiger partial charge on any atom is 0.0708 e. The molecule has 1 aliphatic rings. The maximum atomic E-state index is 4.58. The molecule has 0 spiro atoms. The summed E-state index contributed by atoms with van der Waals surface area (Å²) in [6.07, 6.45) is 2.79. The standard InChI is InChI=1S/C16H20N2/c1-11-9-14(10-17-12(2)13-7-8-13)15-5-3-4-6-16(15)18-11/h3-6,9,12-13,17H,7-8,10H2,1-2H3. The second-order valence-corrected chi connectivity index (χ2v) is 5.45. The Kier molecular flexibility index (Phi) is 3.04. The van der Waals surface area contributed by atoms with Crippen LogP contribution in [0.15, 0.2) is 30.3 Å². The summed E-state index contributed by atoms with van der Waals surface area (Å²) in [5, 5.41) is 4.93. The van der Waals surface area contributed by atoms with E-state index in [0.717, 1.165) is 23.7 Å². The van der Waals surface area contributed by atoms with Gasteiger partial charge in [-0.2, -0.15) is 0 Å². The van der Waals surface area contributed by atoms with Gasteiger partial charge >= 0.3 is 0 Å². The van der Waals surface area contributed by atoms with Gasteiger partial charge in [0.1, 0.15) is 0 Å². The summed E-state index contributed by atoms with van der Waals surface area (Å²) >= 11 is 0. The summed E-state index contributed by atoms with van der Waals surface area (Å²) in [5.41, 5.74) is 3.57. The van der Waals surface area contributed by atoms with Gasteiger partial charge in [0.25, 0.3) is 0 Å². The van der Waals surface area contributed by atoms with Crippen molar-refractivity contribution in [2.24, 2.45) is 5.92 Å². The van der Waals surface area contributed by atoms with Gasteiger partial charge in [-0.15, -0.1) is 0 Å². The third-order valence-electron chi connectivity index (χ3n) is 3.87. The molecule has 1 saturated carbocycles. The fraction of sp³-hybridized carbons (Fsp3) is 0.438. The highest BCUT2D eigenvalue weighted by molar-refractivity contribution is 5.82. The minimum atomic E-state index is 0.636. The molecule has 2 nitrogen and oxygen atoms in total. The zero-order chi connectivity index (χ0) is 12.5. The highest BCUT2D eigenvalue weighted by atomic mass is 14.9. The molecule has 1 unspecified atom stereocenters. The van der Waals surface area contributed by atoms with Crippen LogP contribution in [0.5, 0.6) is 0 Å². The lowest BCUT2D eigenvalue weighted by Crippen LogP contribution is -2.27. The molecule has 1 aromatic heterocycles. The van der Waals surface area contributed by atoms with Crippen molar-refractivity contribution >= 4 is 10.9 Å². The van der Waals surface area contributed by atoms with Crippen molar-refractivity contribution < 1.29 is 0 Å². The normalized spacial score (nSPS) is 17.0. The third-order valence-corrected chi connectivity index (χ3v) is 3.87. The summed E-state index contributed by atoms with van der Waals surface area (Å²) in [6.45, 7) is 5.32. The number of pyridine rings is 1. The number of para-hydroxylation sites is 1. The topological polar surface area (TPSA) is 24.9 Å². The predicted molar refractivity (Wildman–Crippen MR) is 75.5 cm³/mol. The molecule has 1 heterocycles. The minimum absolute atomic E-state index is 0.636. The van der Waals surface area contributed by atoms with Gasteiger partial charge in [0, 0.05) is 23.7 Å². The quantitative estimate of drug-likeness (QED) is 0.885. The van der Waals surface area contributed by atoms with E-state index in [2.05, 4.69) is 54.5 Å². The van der Waals surface area contributed by atoms with E-state index in [0.29, 0.717) is 6.04 Å². The van der Waals surface area contributed by atoms with Crippen molar-refractivity contribution in [2.75, 3.05) is 0 Å². The van der Waals surface area contributed by atoms with Gasteiger partial charge in [0.2, 0.25) is 0 Å². The summed E-state index contributed by atoms with van der Waals surface area (Å²) in [7, 11) is 0. The predicted octanol–water partition coefficient (Wildman–Crippen LogP) is 3.43. The first-order valence-corrected chi connectivity index (χ1v) is 6.82. The Morgan fingerprint density at radius 2 is 2.11 bits per heavy atom. The van der Waals surface area contributed by atoms with E-state index in [1.807, 2.05) is 0 Å². The van der Waals surface area contributed by atoms with Gasteiger partial charge in [-0.1, -0.05) is 18.2 Å². The molecule has 2 heteroatoms. The van der Waals surface area contributed by atoms with Crippen LogP contribution in [0.3, 0.4) is 0 Å². The molecule has 0 radical (unpaired) electrons. The number of hydrogen-bond acceptors (Lipinski definition) is 2. The van der Waals surface area contributed by atoms with Gasteiger partial charge in [-0.3, -0.25) is 4.98 Å².